The molecule has 236 valence electrons. The maximum absolute atomic E-state index is 2.52. The third-order valence-corrected chi connectivity index (χ3v) is 10.3. The van der Waals surface area contributed by atoms with E-state index in [4.69, 9.17) is 0 Å². The summed E-state index contributed by atoms with van der Waals surface area (Å²) in [5, 5.41) is 3.84. The molecule has 0 N–H and O–H groups in total. The fourth-order valence-corrected chi connectivity index (χ4v) is 8.08. The van der Waals surface area contributed by atoms with Crippen LogP contribution in [0.25, 0.3) is 83.5 Å². The van der Waals surface area contributed by atoms with Gasteiger partial charge in [-0.1, -0.05) is 127 Å². The predicted octanol–water partition coefficient (Wildman–Crippen LogP) is 12.7. The molecule has 7 aromatic carbocycles. The highest BCUT2D eigenvalue weighted by Gasteiger charge is 2.21. The van der Waals surface area contributed by atoms with Gasteiger partial charge in [0.05, 0.1) is 16.6 Å². The van der Waals surface area contributed by atoms with Crippen LogP contribution in [-0.4, -0.2) is 9.13 Å². The van der Waals surface area contributed by atoms with Crippen molar-refractivity contribution in [1.82, 2.24) is 9.13 Å². The van der Waals surface area contributed by atoms with E-state index in [1.54, 1.807) is 0 Å². The maximum Gasteiger partial charge on any atom is 0.0541 e. The largest absolute Gasteiger partial charge is 0.313 e. The summed E-state index contributed by atoms with van der Waals surface area (Å²) in [5.41, 5.74) is 15.9. The predicted molar refractivity (Wildman–Crippen MR) is 211 cm³/mol. The normalized spacial score (nSPS) is 12.6. The van der Waals surface area contributed by atoms with Crippen molar-refractivity contribution in [3.05, 3.63) is 187 Å². The molecule has 10 rings (SSSR count). The number of aromatic nitrogens is 2. The standard InChI is InChI=1S/C48H34N2/c1-3-15-33(16-4-1)35-27-36(34-17-5-2-6-18-34)29-37(28-35)38-30-39(49-45-23-11-7-19-41(45)42-20-8-12-24-46(42)49)32-40(31-38)50-47-25-13-9-21-43(47)44-22-10-14-26-48(44)50/h1-13,15-25,27-32H,14,26H2. The van der Waals surface area contributed by atoms with E-state index < -0.39 is 0 Å². The molecule has 0 fully saturated rings. The molecule has 0 radical (unpaired) electrons. The SMILES string of the molecule is C1=Cc2c(n(-c3cc(-c4cc(-c5ccccc5)cc(-c5ccccc5)c4)cc(-n4c5ccccc5c5ccccc54)c3)c3ccccc23)CC1. The molecular formula is C48H34N2. The lowest BCUT2D eigenvalue weighted by Crippen LogP contribution is -2.05. The number of hydrogen-bond acceptors (Lipinski definition) is 0. The van der Waals surface area contributed by atoms with Crippen molar-refractivity contribution in [3.63, 3.8) is 0 Å². The smallest absolute Gasteiger partial charge is 0.0541 e. The minimum Gasteiger partial charge on any atom is -0.313 e. The molecule has 0 amide bonds. The van der Waals surface area contributed by atoms with Crippen molar-refractivity contribution in [1.29, 1.82) is 0 Å². The first kappa shape index (κ1) is 28.6. The van der Waals surface area contributed by atoms with Gasteiger partial charge in [0.25, 0.3) is 0 Å². The molecule has 2 heterocycles. The van der Waals surface area contributed by atoms with Gasteiger partial charge in [-0.2, -0.15) is 0 Å². The first-order chi connectivity index (χ1) is 24.8. The van der Waals surface area contributed by atoms with E-state index >= 15 is 0 Å². The van der Waals surface area contributed by atoms with Crippen LogP contribution in [0.15, 0.2) is 176 Å². The number of hydrogen-bond donors (Lipinski definition) is 0. The lowest BCUT2D eigenvalue weighted by Gasteiger charge is -2.19. The van der Waals surface area contributed by atoms with Crippen molar-refractivity contribution in [2.45, 2.75) is 12.8 Å². The molecule has 1 aliphatic rings. The highest BCUT2D eigenvalue weighted by atomic mass is 15.0. The topological polar surface area (TPSA) is 9.86 Å². The van der Waals surface area contributed by atoms with Gasteiger partial charge in [-0.15, -0.1) is 0 Å². The van der Waals surface area contributed by atoms with Crippen LogP contribution in [0.1, 0.15) is 17.7 Å². The zero-order chi connectivity index (χ0) is 33.0. The van der Waals surface area contributed by atoms with Gasteiger partial charge in [0, 0.05) is 38.8 Å². The van der Waals surface area contributed by atoms with Gasteiger partial charge in [0.2, 0.25) is 0 Å². The number of para-hydroxylation sites is 3. The number of rotatable bonds is 5. The van der Waals surface area contributed by atoms with E-state index in [0.29, 0.717) is 0 Å². The molecule has 0 saturated carbocycles. The Balaban J connectivity index is 1.30. The summed E-state index contributed by atoms with van der Waals surface area (Å²) in [7, 11) is 0. The summed E-state index contributed by atoms with van der Waals surface area (Å²) in [6, 6.07) is 62.2. The molecule has 0 bridgehead atoms. The van der Waals surface area contributed by atoms with Crippen LogP contribution in [0.5, 0.6) is 0 Å². The fraction of sp³-hybridized carbons (Fsp3) is 0.0417. The molecule has 2 heteroatoms. The number of allylic oxidation sites excluding steroid dienone is 1. The third-order valence-electron chi connectivity index (χ3n) is 10.3. The van der Waals surface area contributed by atoms with Crippen LogP contribution in [0.2, 0.25) is 0 Å². The Morgan fingerprint density at radius 1 is 0.360 bits per heavy atom. The van der Waals surface area contributed by atoms with Crippen LogP contribution in [0.4, 0.5) is 0 Å². The van der Waals surface area contributed by atoms with Gasteiger partial charge in [-0.05, 0) is 101 Å². The summed E-state index contributed by atoms with van der Waals surface area (Å²) >= 11 is 0. The minimum atomic E-state index is 1.01. The van der Waals surface area contributed by atoms with Gasteiger partial charge >= 0.3 is 0 Å². The average molecular weight is 639 g/mol. The second kappa shape index (κ2) is 11.6. The van der Waals surface area contributed by atoms with Gasteiger partial charge < -0.3 is 9.13 Å². The fourth-order valence-electron chi connectivity index (χ4n) is 8.08. The third kappa shape index (κ3) is 4.64. The Kier molecular flexibility index (Phi) is 6.67. The number of nitrogens with zero attached hydrogens (tertiary/aromatic N) is 2. The minimum absolute atomic E-state index is 1.01. The Morgan fingerprint density at radius 3 is 1.38 bits per heavy atom. The zero-order valence-electron chi connectivity index (χ0n) is 27.6. The Hall–Kier alpha value is -6.38. The average Bonchev–Trinajstić information content (AvgIpc) is 3.71. The molecule has 0 atom stereocenters. The van der Waals surface area contributed by atoms with E-state index in [-0.39, 0.29) is 0 Å². The van der Waals surface area contributed by atoms with Crippen LogP contribution in [0.3, 0.4) is 0 Å². The molecule has 1 aliphatic carbocycles. The Bertz CT molecular complexity index is 2630. The summed E-state index contributed by atoms with van der Waals surface area (Å²) in [6.07, 6.45) is 6.70. The zero-order valence-corrected chi connectivity index (χ0v) is 27.6. The van der Waals surface area contributed by atoms with Crippen molar-refractivity contribution in [3.8, 4) is 44.8 Å². The van der Waals surface area contributed by atoms with E-state index in [1.165, 1.54) is 83.0 Å². The summed E-state index contributed by atoms with van der Waals surface area (Å²) in [5.74, 6) is 0. The van der Waals surface area contributed by atoms with Crippen molar-refractivity contribution >= 4 is 38.8 Å². The van der Waals surface area contributed by atoms with Gasteiger partial charge in [0.1, 0.15) is 0 Å². The van der Waals surface area contributed by atoms with E-state index in [9.17, 15) is 0 Å². The molecule has 0 spiro atoms. The van der Waals surface area contributed by atoms with Crippen LogP contribution < -0.4 is 0 Å². The summed E-state index contributed by atoms with van der Waals surface area (Å²) < 4.78 is 4.98. The lowest BCUT2D eigenvalue weighted by molar-refractivity contribution is 0.888. The van der Waals surface area contributed by atoms with E-state index in [0.717, 1.165) is 18.5 Å². The quantitative estimate of drug-likeness (QED) is 0.178. The highest BCUT2D eigenvalue weighted by molar-refractivity contribution is 6.09. The van der Waals surface area contributed by atoms with Gasteiger partial charge in [-0.3, -0.25) is 0 Å². The Morgan fingerprint density at radius 2 is 0.800 bits per heavy atom. The molecule has 50 heavy (non-hydrogen) atoms. The second-order valence-corrected chi connectivity index (χ2v) is 13.3. The summed E-state index contributed by atoms with van der Waals surface area (Å²) in [6.45, 7) is 0. The van der Waals surface area contributed by atoms with E-state index in [1.807, 2.05) is 0 Å². The highest BCUT2D eigenvalue weighted by Crippen LogP contribution is 2.40. The van der Waals surface area contributed by atoms with Crippen LogP contribution in [0, 0.1) is 0 Å². The molecule has 0 saturated heterocycles. The first-order valence-corrected chi connectivity index (χ1v) is 17.5. The molecular weight excluding hydrogens is 605 g/mol. The monoisotopic (exact) mass is 638 g/mol. The van der Waals surface area contributed by atoms with E-state index in [2.05, 4.69) is 191 Å². The Labute approximate surface area is 291 Å². The van der Waals surface area contributed by atoms with Crippen LogP contribution in [-0.2, 0) is 6.42 Å². The van der Waals surface area contributed by atoms with Crippen molar-refractivity contribution in [2.24, 2.45) is 0 Å². The molecule has 0 unspecified atom stereocenters. The second-order valence-electron chi connectivity index (χ2n) is 13.3. The lowest BCUT2D eigenvalue weighted by atomic mass is 9.93. The molecule has 0 aliphatic heterocycles. The number of benzene rings is 7. The first-order valence-electron chi connectivity index (χ1n) is 17.5. The maximum atomic E-state index is 2.52. The molecule has 9 aromatic rings. The molecule has 2 aromatic heterocycles. The number of fused-ring (bicyclic) bond motifs is 6. The van der Waals surface area contributed by atoms with Gasteiger partial charge in [-0.25, -0.2) is 0 Å². The van der Waals surface area contributed by atoms with Crippen molar-refractivity contribution in [2.75, 3.05) is 0 Å². The van der Waals surface area contributed by atoms with Crippen molar-refractivity contribution < 1.29 is 0 Å². The van der Waals surface area contributed by atoms with Gasteiger partial charge in [0.15, 0.2) is 0 Å². The molecule has 2 nitrogen and oxygen atoms in total. The van der Waals surface area contributed by atoms with Crippen LogP contribution >= 0.6 is 0 Å². The summed E-state index contributed by atoms with van der Waals surface area (Å²) in [4.78, 5) is 0.